The molecule has 4 heteroatoms. The molecular formula is C13H17NO3. The number of carbonyl (C=O) groups excluding carboxylic acids is 2. The summed E-state index contributed by atoms with van der Waals surface area (Å²) in [7, 11) is 1.62. The molecule has 1 aromatic carbocycles. The Morgan fingerprint density at radius 1 is 1.35 bits per heavy atom. The van der Waals surface area contributed by atoms with Gasteiger partial charge in [0.25, 0.3) is 5.91 Å². The van der Waals surface area contributed by atoms with Crippen molar-refractivity contribution in [1.82, 2.24) is 5.32 Å². The normalized spacial score (nSPS) is 10.8. The summed E-state index contributed by atoms with van der Waals surface area (Å²) < 4.78 is 5.08. The van der Waals surface area contributed by atoms with E-state index in [0.29, 0.717) is 6.54 Å². The number of rotatable bonds is 5. The Labute approximate surface area is 101 Å². The van der Waals surface area contributed by atoms with Gasteiger partial charge in [0.15, 0.2) is 0 Å². The van der Waals surface area contributed by atoms with E-state index in [9.17, 15) is 9.59 Å². The minimum atomic E-state index is -0.591. The molecule has 0 aliphatic heterocycles. The minimum Gasteiger partial charge on any atom is -0.497 e. The molecule has 0 spiro atoms. The van der Waals surface area contributed by atoms with Crippen LogP contribution in [0.25, 0.3) is 0 Å². The van der Waals surface area contributed by atoms with Crippen LogP contribution in [0.2, 0.25) is 0 Å². The molecule has 1 N–H and O–H groups in total. The number of carbonyl (C=O) groups is 2. The van der Waals surface area contributed by atoms with Crippen molar-refractivity contribution < 1.29 is 14.3 Å². The standard InChI is InChI=1S/C13H17NO3/c1-13(2,9-14-12(16)8-15)10-4-6-11(17-3)7-5-10/h4-8H,9H2,1-3H3,(H,14,16). The molecule has 0 saturated carbocycles. The van der Waals surface area contributed by atoms with Crippen LogP contribution in [-0.4, -0.2) is 25.8 Å². The van der Waals surface area contributed by atoms with Crippen LogP contribution in [0.15, 0.2) is 24.3 Å². The number of hydrogen-bond acceptors (Lipinski definition) is 3. The molecule has 0 saturated heterocycles. The summed E-state index contributed by atoms with van der Waals surface area (Å²) in [6, 6.07) is 7.65. The molecule has 0 unspecified atom stereocenters. The summed E-state index contributed by atoms with van der Waals surface area (Å²) >= 11 is 0. The van der Waals surface area contributed by atoms with Gasteiger partial charge in [0.1, 0.15) is 5.75 Å². The number of amides is 1. The Balaban J connectivity index is 2.73. The van der Waals surface area contributed by atoms with Crippen LogP contribution in [0.3, 0.4) is 0 Å². The average molecular weight is 235 g/mol. The number of aldehydes is 1. The summed E-state index contributed by atoms with van der Waals surface area (Å²) in [6.45, 7) is 4.41. The predicted molar refractivity (Wildman–Crippen MR) is 65.1 cm³/mol. The summed E-state index contributed by atoms with van der Waals surface area (Å²) in [5.41, 5.74) is 0.842. The van der Waals surface area contributed by atoms with Crippen LogP contribution in [0.1, 0.15) is 19.4 Å². The first-order chi connectivity index (χ1) is 7.99. The molecule has 1 amide bonds. The Morgan fingerprint density at radius 3 is 2.41 bits per heavy atom. The Hall–Kier alpha value is -1.84. The molecule has 0 aromatic heterocycles. The van der Waals surface area contributed by atoms with E-state index in [0.717, 1.165) is 11.3 Å². The van der Waals surface area contributed by atoms with Gasteiger partial charge in [0.2, 0.25) is 6.29 Å². The highest BCUT2D eigenvalue weighted by atomic mass is 16.5. The number of hydrogen-bond donors (Lipinski definition) is 1. The fourth-order valence-electron chi connectivity index (χ4n) is 1.49. The molecule has 0 aliphatic carbocycles. The van der Waals surface area contributed by atoms with E-state index in [-0.39, 0.29) is 11.7 Å². The average Bonchev–Trinajstić information content (AvgIpc) is 2.36. The molecule has 4 nitrogen and oxygen atoms in total. The maximum atomic E-state index is 10.9. The molecule has 0 radical (unpaired) electrons. The van der Waals surface area contributed by atoms with Crippen molar-refractivity contribution in [3.63, 3.8) is 0 Å². The lowest BCUT2D eigenvalue weighted by Gasteiger charge is -2.25. The van der Waals surface area contributed by atoms with Gasteiger partial charge in [0.05, 0.1) is 7.11 Å². The molecule has 0 aliphatic rings. The van der Waals surface area contributed by atoms with E-state index >= 15 is 0 Å². The van der Waals surface area contributed by atoms with Crippen LogP contribution in [0, 0.1) is 0 Å². The van der Waals surface area contributed by atoms with Crippen LogP contribution < -0.4 is 10.1 Å². The van der Waals surface area contributed by atoms with Crippen LogP contribution in [0.4, 0.5) is 0 Å². The van der Waals surface area contributed by atoms with Gasteiger partial charge in [-0.15, -0.1) is 0 Å². The zero-order valence-electron chi connectivity index (χ0n) is 10.3. The molecule has 1 rings (SSSR count). The van der Waals surface area contributed by atoms with E-state index < -0.39 is 5.91 Å². The Kier molecular flexibility index (Phi) is 4.26. The van der Waals surface area contributed by atoms with Gasteiger partial charge >= 0.3 is 0 Å². The third-order valence-electron chi connectivity index (χ3n) is 2.68. The van der Waals surface area contributed by atoms with E-state index in [1.807, 2.05) is 38.1 Å². The molecule has 0 heterocycles. The second-order valence-corrected chi connectivity index (χ2v) is 4.45. The van der Waals surface area contributed by atoms with E-state index in [4.69, 9.17) is 4.74 Å². The van der Waals surface area contributed by atoms with Crippen molar-refractivity contribution in [1.29, 1.82) is 0 Å². The Bertz CT molecular complexity index is 396. The SMILES string of the molecule is COc1ccc(C(C)(C)CNC(=O)C=O)cc1. The summed E-state index contributed by atoms with van der Waals surface area (Å²) in [5, 5.41) is 2.56. The maximum Gasteiger partial charge on any atom is 0.284 e. The van der Waals surface area contributed by atoms with Crippen LogP contribution in [0.5, 0.6) is 5.75 Å². The van der Waals surface area contributed by atoms with Gasteiger partial charge in [-0.2, -0.15) is 0 Å². The third kappa shape index (κ3) is 3.59. The predicted octanol–water partition coefficient (Wildman–Crippen LogP) is 1.29. The highest BCUT2D eigenvalue weighted by molar-refractivity contribution is 6.23. The van der Waals surface area contributed by atoms with Gasteiger partial charge in [-0.3, -0.25) is 9.59 Å². The quantitative estimate of drug-likeness (QED) is 0.618. The van der Waals surface area contributed by atoms with Gasteiger partial charge in [-0.1, -0.05) is 26.0 Å². The van der Waals surface area contributed by atoms with Crippen LogP contribution >= 0.6 is 0 Å². The van der Waals surface area contributed by atoms with Gasteiger partial charge in [-0.05, 0) is 17.7 Å². The monoisotopic (exact) mass is 235 g/mol. The fourth-order valence-corrected chi connectivity index (χ4v) is 1.49. The van der Waals surface area contributed by atoms with E-state index in [1.54, 1.807) is 7.11 Å². The molecule has 1 aromatic rings. The van der Waals surface area contributed by atoms with Crippen molar-refractivity contribution in [3.05, 3.63) is 29.8 Å². The fraction of sp³-hybridized carbons (Fsp3) is 0.385. The van der Waals surface area contributed by atoms with E-state index in [1.165, 1.54) is 0 Å². The van der Waals surface area contributed by atoms with Gasteiger partial charge < -0.3 is 10.1 Å². The molecule has 17 heavy (non-hydrogen) atoms. The number of nitrogens with one attached hydrogen (secondary N) is 1. The van der Waals surface area contributed by atoms with Crippen LogP contribution in [-0.2, 0) is 15.0 Å². The van der Waals surface area contributed by atoms with Crippen molar-refractivity contribution in [2.45, 2.75) is 19.3 Å². The van der Waals surface area contributed by atoms with E-state index in [2.05, 4.69) is 5.32 Å². The number of methoxy groups -OCH3 is 1. The van der Waals surface area contributed by atoms with Crippen molar-refractivity contribution in [2.24, 2.45) is 0 Å². The smallest absolute Gasteiger partial charge is 0.284 e. The molecular weight excluding hydrogens is 218 g/mol. The summed E-state index contributed by atoms with van der Waals surface area (Å²) in [5.74, 6) is 0.202. The lowest BCUT2D eigenvalue weighted by molar-refractivity contribution is -0.131. The van der Waals surface area contributed by atoms with Crippen molar-refractivity contribution in [2.75, 3.05) is 13.7 Å². The Morgan fingerprint density at radius 2 is 1.94 bits per heavy atom. The highest BCUT2D eigenvalue weighted by Gasteiger charge is 2.21. The molecule has 92 valence electrons. The first kappa shape index (κ1) is 13.2. The lowest BCUT2D eigenvalue weighted by atomic mass is 9.84. The first-order valence-electron chi connectivity index (χ1n) is 5.37. The second-order valence-electron chi connectivity index (χ2n) is 4.45. The molecule has 0 atom stereocenters. The molecule has 0 fully saturated rings. The largest absolute Gasteiger partial charge is 0.497 e. The maximum absolute atomic E-state index is 10.9. The summed E-state index contributed by atoms with van der Waals surface area (Å²) in [4.78, 5) is 21.1. The lowest BCUT2D eigenvalue weighted by Crippen LogP contribution is -2.37. The topological polar surface area (TPSA) is 55.4 Å². The van der Waals surface area contributed by atoms with Crippen molar-refractivity contribution in [3.8, 4) is 5.75 Å². The highest BCUT2D eigenvalue weighted by Crippen LogP contribution is 2.24. The third-order valence-corrected chi connectivity index (χ3v) is 2.68. The summed E-state index contributed by atoms with van der Waals surface area (Å²) in [6.07, 6.45) is 0.282. The first-order valence-corrected chi connectivity index (χ1v) is 5.37. The van der Waals surface area contributed by atoms with Gasteiger partial charge in [0, 0.05) is 12.0 Å². The number of ether oxygens (including phenoxy) is 1. The second kappa shape index (κ2) is 5.48. The number of benzene rings is 1. The zero-order valence-corrected chi connectivity index (χ0v) is 10.3. The minimum absolute atomic E-state index is 0.231. The van der Waals surface area contributed by atoms with Crippen molar-refractivity contribution >= 4 is 12.2 Å². The molecule has 0 bridgehead atoms. The van der Waals surface area contributed by atoms with Gasteiger partial charge in [-0.25, -0.2) is 0 Å². The zero-order chi connectivity index (χ0) is 12.9.